The molecule has 102 valence electrons. The Morgan fingerprint density at radius 2 is 2.28 bits per heavy atom. The summed E-state index contributed by atoms with van der Waals surface area (Å²) in [6.07, 6.45) is 4.65. The van der Waals surface area contributed by atoms with Crippen LogP contribution in [0, 0.1) is 5.92 Å². The summed E-state index contributed by atoms with van der Waals surface area (Å²) in [7, 11) is 1.91. The van der Waals surface area contributed by atoms with Gasteiger partial charge in [0.05, 0.1) is 18.3 Å². The van der Waals surface area contributed by atoms with Gasteiger partial charge in [-0.1, -0.05) is 6.92 Å². The van der Waals surface area contributed by atoms with E-state index >= 15 is 0 Å². The molecule has 0 amide bonds. The summed E-state index contributed by atoms with van der Waals surface area (Å²) in [5, 5.41) is 14.2. The molecule has 1 saturated heterocycles. The Kier molecular flexibility index (Phi) is 4.04. The van der Waals surface area contributed by atoms with Gasteiger partial charge in [-0.2, -0.15) is 5.10 Å². The molecule has 2 heterocycles. The third-order valence-corrected chi connectivity index (χ3v) is 3.91. The molecule has 3 N–H and O–H groups in total. The fourth-order valence-corrected chi connectivity index (χ4v) is 2.77. The predicted molar refractivity (Wildman–Crippen MR) is 71.0 cm³/mol. The molecule has 1 aromatic heterocycles. The number of aryl methyl sites for hydroxylation is 1. The van der Waals surface area contributed by atoms with Crippen LogP contribution in [-0.4, -0.2) is 45.0 Å². The van der Waals surface area contributed by atoms with Crippen LogP contribution in [0.1, 0.15) is 31.9 Å². The summed E-state index contributed by atoms with van der Waals surface area (Å²) in [6.45, 7) is 5.80. The number of aromatic nitrogens is 2. The number of aliphatic hydroxyl groups is 1. The third kappa shape index (κ3) is 2.74. The van der Waals surface area contributed by atoms with Crippen LogP contribution in [0.2, 0.25) is 0 Å². The minimum absolute atomic E-state index is 0.0230. The van der Waals surface area contributed by atoms with Crippen molar-refractivity contribution in [3.63, 3.8) is 0 Å². The first-order valence-corrected chi connectivity index (χ1v) is 6.65. The van der Waals surface area contributed by atoms with E-state index in [1.807, 2.05) is 26.4 Å². The lowest BCUT2D eigenvalue weighted by Crippen LogP contribution is -2.48. The number of rotatable bonds is 3. The van der Waals surface area contributed by atoms with E-state index in [9.17, 15) is 5.11 Å². The fourth-order valence-electron chi connectivity index (χ4n) is 2.77. The average molecular weight is 252 g/mol. The molecule has 1 aliphatic heterocycles. The Morgan fingerprint density at radius 3 is 2.78 bits per heavy atom. The summed E-state index contributed by atoms with van der Waals surface area (Å²) >= 11 is 0. The van der Waals surface area contributed by atoms with Crippen molar-refractivity contribution < 1.29 is 5.11 Å². The van der Waals surface area contributed by atoms with E-state index in [1.165, 1.54) is 0 Å². The van der Waals surface area contributed by atoms with Crippen LogP contribution in [0.4, 0.5) is 0 Å². The Bertz CT molecular complexity index is 390. The van der Waals surface area contributed by atoms with E-state index in [-0.39, 0.29) is 18.2 Å². The van der Waals surface area contributed by atoms with Crippen LogP contribution in [0.5, 0.6) is 0 Å². The largest absolute Gasteiger partial charge is 0.392 e. The number of aliphatic hydroxyl groups excluding tert-OH is 1. The van der Waals surface area contributed by atoms with Gasteiger partial charge in [0.2, 0.25) is 0 Å². The first-order chi connectivity index (χ1) is 8.49. The van der Waals surface area contributed by atoms with Crippen LogP contribution in [0.3, 0.4) is 0 Å². The third-order valence-electron chi connectivity index (χ3n) is 3.91. The number of likely N-dealkylation sites (tertiary alicyclic amines) is 1. The first-order valence-electron chi connectivity index (χ1n) is 6.65. The molecule has 0 saturated carbocycles. The van der Waals surface area contributed by atoms with Gasteiger partial charge in [0.25, 0.3) is 0 Å². The van der Waals surface area contributed by atoms with Crippen molar-refractivity contribution in [2.24, 2.45) is 18.7 Å². The number of nitrogens with two attached hydrogens (primary N) is 1. The van der Waals surface area contributed by atoms with Gasteiger partial charge >= 0.3 is 0 Å². The summed E-state index contributed by atoms with van der Waals surface area (Å²) in [5.74, 6) is 0.379. The number of nitrogens with zero attached hydrogens (tertiary/aromatic N) is 3. The highest BCUT2D eigenvalue weighted by molar-refractivity contribution is 5.13. The average Bonchev–Trinajstić information content (AvgIpc) is 2.70. The number of piperidine rings is 1. The van der Waals surface area contributed by atoms with Gasteiger partial charge in [-0.3, -0.25) is 9.58 Å². The zero-order valence-corrected chi connectivity index (χ0v) is 11.5. The van der Waals surface area contributed by atoms with E-state index < -0.39 is 0 Å². The summed E-state index contributed by atoms with van der Waals surface area (Å²) in [6, 6.07) is 0.163. The lowest BCUT2D eigenvalue weighted by molar-refractivity contribution is 0.00538. The normalized spacial score (nSPS) is 29.2. The van der Waals surface area contributed by atoms with Crippen molar-refractivity contribution in [3.05, 3.63) is 18.0 Å². The maximum atomic E-state index is 10.0. The molecule has 0 radical (unpaired) electrons. The van der Waals surface area contributed by atoms with Gasteiger partial charge < -0.3 is 10.8 Å². The van der Waals surface area contributed by atoms with Crippen LogP contribution in [0.25, 0.3) is 0 Å². The van der Waals surface area contributed by atoms with Crippen LogP contribution < -0.4 is 5.73 Å². The second kappa shape index (κ2) is 5.38. The molecule has 5 nitrogen and oxygen atoms in total. The highest BCUT2D eigenvalue weighted by Crippen LogP contribution is 2.28. The van der Waals surface area contributed by atoms with Crippen molar-refractivity contribution in [3.8, 4) is 0 Å². The maximum absolute atomic E-state index is 10.0. The zero-order chi connectivity index (χ0) is 13.3. The van der Waals surface area contributed by atoms with E-state index in [4.69, 9.17) is 5.73 Å². The highest BCUT2D eigenvalue weighted by Gasteiger charge is 2.32. The molecule has 0 aliphatic carbocycles. The second-order valence-corrected chi connectivity index (χ2v) is 5.58. The van der Waals surface area contributed by atoms with E-state index in [2.05, 4.69) is 16.9 Å². The van der Waals surface area contributed by atoms with Crippen LogP contribution >= 0.6 is 0 Å². The molecule has 1 aliphatic rings. The van der Waals surface area contributed by atoms with Gasteiger partial charge in [0.1, 0.15) is 0 Å². The van der Waals surface area contributed by atoms with Crippen molar-refractivity contribution >= 4 is 0 Å². The Balaban J connectivity index is 2.16. The molecule has 0 spiro atoms. The monoisotopic (exact) mass is 252 g/mol. The first kappa shape index (κ1) is 13.5. The maximum Gasteiger partial charge on any atom is 0.0693 e. The van der Waals surface area contributed by atoms with E-state index in [1.54, 1.807) is 4.68 Å². The van der Waals surface area contributed by atoms with E-state index in [0.717, 1.165) is 18.5 Å². The Morgan fingerprint density at radius 1 is 1.56 bits per heavy atom. The van der Waals surface area contributed by atoms with Gasteiger partial charge in [-0.05, 0) is 25.8 Å². The lowest BCUT2D eigenvalue weighted by Gasteiger charge is -2.40. The Hall–Kier alpha value is -0.910. The van der Waals surface area contributed by atoms with Crippen LogP contribution in [0.15, 0.2) is 12.4 Å². The van der Waals surface area contributed by atoms with Crippen LogP contribution in [-0.2, 0) is 7.05 Å². The fraction of sp³-hybridized carbons (Fsp3) is 0.769. The van der Waals surface area contributed by atoms with Gasteiger partial charge in [-0.15, -0.1) is 0 Å². The molecule has 1 aromatic rings. The van der Waals surface area contributed by atoms with Gasteiger partial charge in [0.15, 0.2) is 0 Å². The summed E-state index contributed by atoms with van der Waals surface area (Å²) in [4.78, 5) is 2.28. The molecule has 1 fully saturated rings. The molecule has 0 bridgehead atoms. The molecule has 0 aromatic carbocycles. The lowest BCUT2D eigenvalue weighted by atomic mass is 9.92. The van der Waals surface area contributed by atoms with Gasteiger partial charge in [0, 0.05) is 31.4 Å². The quantitative estimate of drug-likeness (QED) is 0.822. The topological polar surface area (TPSA) is 67.3 Å². The second-order valence-electron chi connectivity index (χ2n) is 5.58. The minimum atomic E-state index is -0.253. The van der Waals surface area contributed by atoms with Gasteiger partial charge in [-0.25, -0.2) is 0 Å². The van der Waals surface area contributed by atoms with Crippen molar-refractivity contribution in [1.29, 1.82) is 0 Å². The molecule has 5 heteroatoms. The zero-order valence-electron chi connectivity index (χ0n) is 11.5. The van der Waals surface area contributed by atoms with Crippen molar-refractivity contribution in [2.75, 3.05) is 13.1 Å². The number of hydrogen-bond acceptors (Lipinski definition) is 4. The number of hydrogen-bond donors (Lipinski definition) is 2. The van der Waals surface area contributed by atoms with Crippen molar-refractivity contribution in [2.45, 2.75) is 38.5 Å². The highest BCUT2D eigenvalue weighted by atomic mass is 16.3. The molecule has 2 rings (SSSR count). The summed E-state index contributed by atoms with van der Waals surface area (Å²) in [5.41, 5.74) is 7.26. The predicted octanol–water partition coefficient (Wildman–Crippen LogP) is 0.511. The molecular formula is C13H24N4O. The smallest absolute Gasteiger partial charge is 0.0693 e. The molecule has 18 heavy (non-hydrogen) atoms. The Labute approximate surface area is 109 Å². The van der Waals surface area contributed by atoms with E-state index in [0.29, 0.717) is 12.5 Å². The SMILES string of the molecule is CC(N)C(c1cnn(C)c1)N1CCC(C)C(O)C1. The standard InChI is InChI=1S/C13H24N4O/c1-9-4-5-17(8-12(9)18)13(10(2)14)11-6-15-16(3)7-11/h6-7,9-10,12-13,18H,4-5,8,14H2,1-3H3. The molecule has 4 atom stereocenters. The minimum Gasteiger partial charge on any atom is -0.392 e. The summed E-state index contributed by atoms with van der Waals surface area (Å²) < 4.78 is 1.80. The number of β-amino-alcohol motifs (C(OH)–C–C–N with tert-alkyl or cyclic N) is 1. The molecule has 4 unspecified atom stereocenters. The van der Waals surface area contributed by atoms with Crippen molar-refractivity contribution in [1.82, 2.24) is 14.7 Å². The molecular weight excluding hydrogens is 228 g/mol.